The molecule has 0 saturated carbocycles. The molecule has 0 unspecified atom stereocenters. The first-order chi connectivity index (χ1) is 9.16. The molecular formula is C14H10ClNO3. The van der Waals surface area contributed by atoms with Gasteiger partial charge in [0.25, 0.3) is 0 Å². The van der Waals surface area contributed by atoms with E-state index in [0.717, 1.165) is 10.9 Å². The summed E-state index contributed by atoms with van der Waals surface area (Å²) in [4.78, 5) is 11.0. The topological polar surface area (TPSA) is 55.4 Å². The first-order valence-corrected chi connectivity index (χ1v) is 6.07. The number of aromatic nitrogens is 1. The zero-order valence-electron chi connectivity index (χ0n) is 9.84. The maximum Gasteiger partial charge on any atom is 0.339 e. The van der Waals surface area contributed by atoms with Crippen LogP contribution in [0, 0.1) is 0 Å². The zero-order chi connectivity index (χ0) is 13.4. The zero-order valence-corrected chi connectivity index (χ0v) is 10.6. The highest BCUT2D eigenvalue weighted by Crippen LogP contribution is 2.25. The van der Waals surface area contributed by atoms with Crippen LogP contribution in [-0.4, -0.2) is 15.6 Å². The van der Waals surface area contributed by atoms with Crippen molar-refractivity contribution in [2.45, 2.75) is 6.54 Å². The van der Waals surface area contributed by atoms with Gasteiger partial charge in [-0.25, -0.2) is 4.79 Å². The Morgan fingerprint density at radius 3 is 2.95 bits per heavy atom. The van der Waals surface area contributed by atoms with Crippen LogP contribution in [0.1, 0.15) is 16.1 Å². The Kier molecular flexibility index (Phi) is 2.80. The first-order valence-electron chi connectivity index (χ1n) is 5.70. The van der Waals surface area contributed by atoms with Crippen LogP contribution < -0.4 is 0 Å². The van der Waals surface area contributed by atoms with Gasteiger partial charge < -0.3 is 14.1 Å². The van der Waals surface area contributed by atoms with E-state index >= 15 is 0 Å². The SMILES string of the molecule is O=C(O)c1ccoc1Cn1ccc2c(Cl)cccc21. The van der Waals surface area contributed by atoms with Crippen LogP contribution in [0.3, 0.4) is 0 Å². The van der Waals surface area contributed by atoms with E-state index in [1.807, 2.05) is 35.0 Å². The van der Waals surface area contributed by atoms with Crippen molar-refractivity contribution in [3.05, 3.63) is 59.1 Å². The van der Waals surface area contributed by atoms with Crippen LogP contribution in [0.4, 0.5) is 0 Å². The van der Waals surface area contributed by atoms with Crippen molar-refractivity contribution in [3.63, 3.8) is 0 Å². The highest BCUT2D eigenvalue weighted by Gasteiger charge is 2.14. The number of hydrogen-bond acceptors (Lipinski definition) is 2. The van der Waals surface area contributed by atoms with Crippen LogP contribution in [0.25, 0.3) is 10.9 Å². The van der Waals surface area contributed by atoms with Gasteiger partial charge in [0.05, 0.1) is 12.8 Å². The fraction of sp³-hybridized carbons (Fsp3) is 0.0714. The second-order valence-electron chi connectivity index (χ2n) is 4.18. The molecule has 3 rings (SSSR count). The van der Waals surface area contributed by atoms with Crippen molar-refractivity contribution in [1.82, 2.24) is 4.57 Å². The van der Waals surface area contributed by atoms with E-state index in [4.69, 9.17) is 21.1 Å². The van der Waals surface area contributed by atoms with Gasteiger partial charge in [-0.05, 0) is 24.3 Å². The van der Waals surface area contributed by atoms with Crippen LogP contribution in [0.5, 0.6) is 0 Å². The predicted octanol–water partition coefficient (Wildman–Crippen LogP) is 3.63. The summed E-state index contributed by atoms with van der Waals surface area (Å²) >= 11 is 6.10. The van der Waals surface area contributed by atoms with Crippen molar-refractivity contribution >= 4 is 28.5 Å². The molecule has 1 aromatic carbocycles. The van der Waals surface area contributed by atoms with E-state index in [-0.39, 0.29) is 5.56 Å². The maximum atomic E-state index is 11.0. The summed E-state index contributed by atoms with van der Waals surface area (Å²) in [5, 5.41) is 10.7. The molecule has 0 saturated heterocycles. The molecule has 0 aliphatic heterocycles. The highest BCUT2D eigenvalue weighted by molar-refractivity contribution is 6.35. The summed E-state index contributed by atoms with van der Waals surface area (Å²) in [7, 11) is 0. The predicted molar refractivity (Wildman–Crippen MR) is 71.7 cm³/mol. The minimum absolute atomic E-state index is 0.184. The third-order valence-corrected chi connectivity index (χ3v) is 3.38. The summed E-state index contributed by atoms with van der Waals surface area (Å²) in [6.45, 7) is 0.360. The largest absolute Gasteiger partial charge is 0.478 e. The third-order valence-electron chi connectivity index (χ3n) is 3.05. The Morgan fingerprint density at radius 1 is 1.32 bits per heavy atom. The van der Waals surface area contributed by atoms with Gasteiger partial charge in [-0.1, -0.05) is 17.7 Å². The number of fused-ring (bicyclic) bond motifs is 1. The average Bonchev–Trinajstić information content (AvgIpc) is 2.98. The summed E-state index contributed by atoms with van der Waals surface area (Å²) < 4.78 is 7.15. The molecule has 0 radical (unpaired) electrons. The number of rotatable bonds is 3. The van der Waals surface area contributed by atoms with E-state index < -0.39 is 5.97 Å². The van der Waals surface area contributed by atoms with Crippen LogP contribution in [0.15, 0.2) is 47.2 Å². The van der Waals surface area contributed by atoms with E-state index in [2.05, 4.69) is 0 Å². The number of carboxylic acids is 1. The monoisotopic (exact) mass is 275 g/mol. The molecule has 0 aliphatic rings. The van der Waals surface area contributed by atoms with Gasteiger partial charge in [0.15, 0.2) is 0 Å². The molecule has 0 spiro atoms. The molecule has 0 atom stereocenters. The maximum absolute atomic E-state index is 11.0. The molecule has 4 nitrogen and oxygen atoms in total. The molecule has 1 N–H and O–H groups in total. The van der Waals surface area contributed by atoms with E-state index in [1.165, 1.54) is 12.3 Å². The lowest BCUT2D eigenvalue weighted by atomic mass is 10.2. The van der Waals surface area contributed by atoms with Crippen molar-refractivity contribution in [3.8, 4) is 0 Å². The van der Waals surface area contributed by atoms with E-state index in [0.29, 0.717) is 17.3 Å². The number of furan rings is 1. The summed E-state index contributed by atoms with van der Waals surface area (Å²) in [6.07, 6.45) is 3.25. The summed E-state index contributed by atoms with van der Waals surface area (Å²) in [5.41, 5.74) is 1.13. The van der Waals surface area contributed by atoms with Crippen molar-refractivity contribution in [1.29, 1.82) is 0 Å². The Bertz CT molecular complexity index is 757. The Hall–Kier alpha value is -2.20. The quantitative estimate of drug-likeness (QED) is 0.794. The van der Waals surface area contributed by atoms with Crippen molar-refractivity contribution < 1.29 is 14.3 Å². The smallest absolute Gasteiger partial charge is 0.339 e. The van der Waals surface area contributed by atoms with Crippen LogP contribution in [-0.2, 0) is 6.54 Å². The van der Waals surface area contributed by atoms with E-state index in [1.54, 1.807) is 0 Å². The second kappa shape index (κ2) is 4.48. The lowest BCUT2D eigenvalue weighted by Crippen LogP contribution is -2.03. The number of carbonyl (C=O) groups is 1. The van der Waals surface area contributed by atoms with E-state index in [9.17, 15) is 4.79 Å². The summed E-state index contributed by atoms with van der Waals surface area (Å²) in [5.74, 6) is -0.566. The number of aromatic carboxylic acids is 1. The molecule has 0 bridgehead atoms. The molecule has 3 aromatic rings. The molecule has 0 aliphatic carbocycles. The lowest BCUT2D eigenvalue weighted by molar-refractivity contribution is 0.0694. The molecule has 2 aromatic heterocycles. The molecule has 0 fully saturated rings. The van der Waals surface area contributed by atoms with Gasteiger partial charge in [-0.15, -0.1) is 0 Å². The van der Waals surface area contributed by atoms with Gasteiger partial charge >= 0.3 is 5.97 Å². The average molecular weight is 276 g/mol. The Balaban J connectivity index is 2.04. The van der Waals surface area contributed by atoms with Gasteiger partial charge in [0, 0.05) is 22.1 Å². The third kappa shape index (κ3) is 2.00. The second-order valence-corrected chi connectivity index (χ2v) is 4.59. The van der Waals surface area contributed by atoms with Gasteiger partial charge in [-0.2, -0.15) is 0 Å². The normalized spacial score (nSPS) is 11.0. The first kappa shape index (κ1) is 11.9. The molecule has 2 heterocycles. The minimum Gasteiger partial charge on any atom is -0.478 e. The lowest BCUT2D eigenvalue weighted by Gasteiger charge is -2.04. The number of benzene rings is 1. The molecule has 5 heteroatoms. The number of halogens is 1. The Labute approximate surface area is 113 Å². The molecule has 0 amide bonds. The fourth-order valence-corrected chi connectivity index (χ4v) is 2.36. The molecular weight excluding hydrogens is 266 g/mol. The van der Waals surface area contributed by atoms with Gasteiger partial charge in [0.1, 0.15) is 11.3 Å². The standard InChI is InChI=1S/C14H10ClNO3/c15-11-2-1-3-12-9(11)4-6-16(12)8-13-10(14(17)18)5-7-19-13/h1-7H,8H2,(H,17,18). The van der Waals surface area contributed by atoms with Crippen molar-refractivity contribution in [2.75, 3.05) is 0 Å². The number of hydrogen-bond donors (Lipinski definition) is 1. The number of nitrogens with zero attached hydrogens (tertiary/aromatic N) is 1. The van der Waals surface area contributed by atoms with Crippen molar-refractivity contribution in [2.24, 2.45) is 0 Å². The highest BCUT2D eigenvalue weighted by atomic mass is 35.5. The molecule has 19 heavy (non-hydrogen) atoms. The van der Waals surface area contributed by atoms with Gasteiger partial charge in [0.2, 0.25) is 0 Å². The number of carboxylic acid groups (broad SMARTS) is 1. The van der Waals surface area contributed by atoms with Crippen LogP contribution in [0.2, 0.25) is 5.02 Å². The van der Waals surface area contributed by atoms with Crippen LogP contribution >= 0.6 is 11.6 Å². The molecule has 96 valence electrons. The minimum atomic E-state index is -0.988. The van der Waals surface area contributed by atoms with Gasteiger partial charge in [-0.3, -0.25) is 0 Å². The Morgan fingerprint density at radius 2 is 2.16 bits per heavy atom. The summed E-state index contributed by atoms with van der Waals surface area (Å²) in [6, 6.07) is 8.98. The fourth-order valence-electron chi connectivity index (χ4n) is 2.13.